The summed E-state index contributed by atoms with van der Waals surface area (Å²) in [7, 11) is 0. The van der Waals surface area contributed by atoms with Crippen LogP contribution in [0.1, 0.15) is 12.0 Å². The second-order valence-corrected chi connectivity index (χ2v) is 4.19. The predicted molar refractivity (Wildman–Crippen MR) is 78.6 cm³/mol. The number of ether oxygens (including phenoxy) is 1. The third kappa shape index (κ3) is 5.97. The van der Waals surface area contributed by atoms with Gasteiger partial charge >= 0.3 is 0 Å². The summed E-state index contributed by atoms with van der Waals surface area (Å²) < 4.78 is 5.61. The Bertz CT molecular complexity index is 441. The summed E-state index contributed by atoms with van der Waals surface area (Å²) in [6, 6.07) is 7.95. The lowest BCUT2D eigenvalue weighted by atomic mass is 10.2. The van der Waals surface area contributed by atoms with Gasteiger partial charge in [-0.3, -0.25) is 4.90 Å². The first-order valence-electron chi connectivity index (χ1n) is 6.31. The van der Waals surface area contributed by atoms with Crippen molar-refractivity contribution >= 4 is 0 Å². The Kier molecular flexibility index (Phi) is 7.20. The van der Waals surface area contributed by atoms with Crippen LogP contribution in [0.25, 0.3) is 0 Å². The smallest absolute Gasteiger partial charge is 0.119 e. The topological polar surface area (TPSA) is 38.5 Å². The Balaban J connectivity index is 2.60. The Morgan fingerprint density at radius 2 is 1.95 bits per heavy atom. The van der Waals surface area contributed by atoms with E-state index in [1.165, 1.54) is 0 Å². The fourth-order valence-corrected chi connectivity index (χ4v) is 1.69. The van der Waals surface area contributed by atoms with E-state index in [1.807, 2.05) is 29.2 Å². The maximum absolute atomic E-state index is 5.61. The van der Waals surface area contributed by atoms with Crippen molar-refractivity contribution in [1.29, 1.82) is 0 Å². The number of nitrogens with zero attached hydrogens (tertiary/aromatic N) is 1. The van der Waals surface area contributed by atoms with Gasteiger partial charge in [-0.1, -0.05) is 24.0 Å². The van der Waals surface area contributed by atoms with Crippen LogP contribution in [-0.4, -0.2) is 31.1 Å². The number of hydrogen-bond donors (Lipinski definition) is 1. The van der Waals surface area contributed by atoms with Crippen molar-refractivity contribution < 1.29 is 4.74 Å². The van der Waals surface area contributed by atoms with E-state index in [4.69, 9.17) is 23.3 Å². The van der Waals surface area contributed by atoms with Gasteiger partial charge in [0.15, 0.2) is 0 Å². The normalized spacial score (nSPS) is 9.89. The highest BCUT2D eigenvalue weighted by atomic mass is 16.5. The molecule has 0 aromatic heterocycles. The van der Waals surface area contributed by atoms with Gasteiger partial charge in [0.05, 0.1) is 19.7 Å². The molecule has 0 aliphatic carbocycles. The van der Waals surface area contributed by atoms with E-state index >= 15 is 0 Å². The Morgan fingerprint density at radius 1 is 1.21 bits per heavy atom. The second kappa shape index (κ2) is 9.05. The highest BCUT2D eigenvalue weighted by Gasteiger charge is 2.04. The quantitative estimate of drug-likeness (QED) is 0.565. The molecule has 0 aliphatic heterocycles. The molecule has 0 radical (unpaired) electrons. The third-order valence-corrected chi connectivity index (χ3v) is 2.55. The number of nitrogens with two attached hydrogens (primary N) is 1. The van der Waals surface area contributed by atoms with Gasteiger partial charge in [-0.15, -0.1) is 12.8 Å². The molecule has 1 aromatic rings. The number of benzene rings is 1. The summed E-state index contributed by atoms with van der Waals surface area (Å²) in [4.78, 5) is 2.03. The van der Waals surface area contributed by atoms with Gasteiger partial charge in [0, 0.05) is 6.54 Å². The Hall–Kier alpha value is -1.94. The molecule has 0 amide bonds. The molecule has 0 atom stereocenters. The zero-order valence-electron chi connectivity index (χ0n) is 11.1. The molecule has 1 aromatic carbocycles. The molecule has 0 saturated heterocycles. The van der Waals surface area contributed by atoms with Crippen LogP contribution >= 0.6 is 0 Å². The lowest BCUT2D eigenvalue weighted by Gasteiger charge is -2.17. The fraction of sp³-hybridized carbons (Fsp3) is 0.375. The van der Waals surface area contributed by atoms with Crippen LogP contribution in [-0.2, 0) is 6.54 Å². The molecule has 1 rings (SSSR count). The van der Waals surface area contributed by atoms with Crippen molar-refractivity contribution in [2.75, 3.05) is 26.2 Å². The SMILES string of the molecule is C#CCN(CC#C)Cc1cccc(OCCCN)c1. The molecule has 0 unspecified atom stereocenters. The first-order valence-corrected chi connectivity index (χ1v) is 6.31. The van der Waals surface area contributed by atoms with E-state index in [0.717, 1.165) is 24.3 Å². The molecular formula is C16H20N2O. The van der Waals surface area contributed by atoms with E-state index in [2.05, 4.69) is 11.8 Å². The van der Waals surface area contributed by atoms with Gasteiger partial charge in [-0.05, 0) is 30.7 Å². The van der Waals surface area contributed by atoms with Crippen LogP contribution in [0.15, 0.2) is 24.3 Å². The average molecular weight is 256 g/mol. The summed E-state index contributed by atoms with van der Waals surface area (Å²) in [6.45, 7) is 3.09. The Morgan fingerprint density at radius 3 is 2.58 bits per heavy atom. The van der Waals surface area contributed by atoms with Crippen molar-refractivity contribution in [2.24, 2.45) is 5.73 Å². The van der Waals surface area contributed by atoms with E-state index in [0.29, 0.717) is 26.2 Å². The highest BCUT2D eigenvalue weighted by Crippen LogP contribution is 2.15. The summed E-state index contributed by atoms with van der Waals surface area (Å²) in [5.74, 6) is 6.08. The van der Waals surface area contributed by atoms with E-state index in [-0.39, 0.29) is 0 Å². The summed E-state index contributed by atoms with van der Waals surface area (Å²) in [5, 5.41) is 0. The standard InChI is InChI=1S/C16H20N2O/c1-3-10-18(11-4-2)14-15-7-5-8-16(13-15)19-12-6-9-17/h1-2,5,7-8,13H,6,9-12,14,17H2. The van der Waals surface area contributed by atoms with Crippen LogP contribution < -0.4 is 10.5 Å². The van der Waals surface area contributed by atoms with Crippen LogP contribution in [0.4, 0.5) is 0 Å². The molecule has 2 N–H and O–H groups in total. The van der Waals surface area contributed by atoms with Gasteiger partial charge in [0.25, 0.3) is 0 Å². The summed E-state index contributed by atoms with van der Waals surface area (Å²) >= 11 is 0. The minimum atomic E-state index is 0.544. The van der Waals surface area contributed by atoms with E-state index in [1.54, 1.807) is 0 Å². The molecule has 100 valence electrons. The Labute approximate surface area is 115 Å². The lowest BCUT2D eigenvalue weighted by Crippen LogP contribution is -2.23. The molecule has 19 heavy (non-hydrogen) atoms. The van der Waals surface area contributed by atoms with Crippen molar-refractivity contribution in [3.8, 4) is 30.4 Å². The van der Waals surface area contributed by atoms with Crippen LogP contribution in [0.2, 0.25) is 0 Å². The van der Waals surface area contributed by atoms with Gasteiger partial charge in [0.2, 0.25) is 0 Å². The third-order valence-electron chi connectivity index (χ3n) is 2.55. The molecule has 0 saturated carbocycles. The monoisotopic (exact) mass is 256 g/mol. The summed E-state index contributed by atoms with van der Waals surface area (Å²) in [6.07, 6.45) is 11.5. The molecule has 0 bridgehead atoms. The fourth-order valence-electron chi connectivity index (χ4n) is 1.69. The molecule has 3 heteroatoms. The predicted octanol–water partition coefficient (Wildman–Crippen LogP) is 1.48. The maximum Gasteiger partial charge on any atom is 0.119 e. The second-order valence-electron chi connectivity index (χ2n) is 4.19. The molecule has 0 spiro atoms. The molecule has 0 aliphatic rings. The van der Waals surface area contributed by atoms with Crippen molar-refractivity contribution in [2.45, 2.75) is 13.0 Å². The minimum absolute atomic E-state index is 0.544. The van der Waals surface area contributed by atoms with Crippen LogP contribution in [0.5, 0.6) is 5.75 Å². The molecule has 0 heterocycles. The lowest BCUT2D eigenvalue weighted by molar-refractivity contribution is 0.310. The van der Waals surface area contributed by atoms with Crippen molar-refractivity contribution in [1.82, 2.24) is 4.90 Å². The van der Waals surface area contributed by atoms with Gasteiger partial charge in [-0.2, -0.15) is 0 Å². The molecule has 0 fully saturated rings. The highest BCUT2D eigenvalue weighted by molar-refractivity contribution is 5.28. The molecular weight excluding hydrogens is 236 g/mol. The first kappa shape index (κ1) is 15.1. The number of terminal acetylenes is 2. The first-order chi connectivity index (χ1) is 9.30. The van der Waals surface area contributed by atoms with E-state index in [9.17, 15) is 0 Å². The minimum Gasteiger partial charge on any atom is -0.494 e. The van der Waals surface area contributed by atoms with Crippen LogP contribution in [0.3, 0.4) is 0 Å². The van der Waals surface area contributed by atoms with Crippen molar-refractivity contribution in [3.63, 3.8) is 0 Å². The number of rotatable bonds is 8. The largest absolute Gasteiger partial charge is 0.494 e. The summed E-state index contributed by atoms with van der Waals surface area (Å²) in [5.41, 5.74) is 6.57. The molecule has 3 nitrogen and oxygen atoms in total. The zero-order chi connectivity index (χ0) is 13.9. The average Bonchev–Trinajstić information content (AvgIpc) is 2.40. The van der Waals surface area contributed by atoms with Crippen LogP contribution in [0, 0.1) is 24.7 Å². The van der Waals surface area contributed by atoms with Gasteiger partial charge < -0.3 is 10.5 Å². The number of hydrogen-bond acceptors (Lipinski definition) is 3. The zero-order valence-corrected chi connectivity index (χ0v) is 11.1. The van der Waals surface area contributed by atoms with Gasteiger partial charge in [0.1, 0.15) is 5.75 Å². The van der Waals surface area contributed by atoms with Crippen molar-refractivity contribution in [3.05, 3.63) is 29.8 Å². The van der Waals surface area contributed by atoms with Gasteiger partial charge in [-0.25, -0.2) is 0 Å². The van der Waals surface area contributed by atoms with E-state index < -0.39 is 0 Å². The maximum atomic E-state index is 5.61.